The van der Waals surface area contributed by atoms with Gasteiger partial charge < -0.3 is 11.1 Å². The molecule has 1 aromatic heterocycles. The van der Waals surface area contributed by atoms with E-state index in [4.69, 9.17) is 5.73 Å². The van der Waals surface area contributed by atoms with Crippen LogP contribution in [0.3, 0.4) is 0 Å². The van der Waals surface area contributed by atoms with Crippen LogP contribution in [0.1, 0.15) is 19.5 Å². The van der Waals surface area contributed by atoms with Crippen molar-refractivity contribution in [3.05, 3.63) is 42.1 Å². The Morgan fingerprint density at radius 2 is 1.86 bits per heavy atom. The van der Waals surface area contributed by atoms with Crippen LogP contribution in [-0.4, -0.2) is 21.9 Å². The molecule has 0 aliphatic carbocycles. The maximum atomic E-state index is 11.5. The molecule has 0 bridgehead atoms. The molecule has 0 aliphatic rings. The Morgan fingerprint density at radius 1 is 1.19 bits per heavy atom. The van der Waals surface area contributed by atoms with E-state index in [0.29, 0.717) is 11.6 Å². The molecule has 2 aromatic rings. The highest BCUT2D eigenvalue weighted by molar-refractivity contribution is 5.83. The lowest BCUT2D eigenvalue weighted by Gasteiger charge is -2.20. The molecule has 0 unspecified atom stereocenters. The van der Waals surface area contributed by atoms with Gasteiger partial charge in [0.2, 0.25) is 5.91 Å². The van der Waals surface area contributed by atoms with Gasteiger partial charge in [0.05, 0.1) is 0 Å². The SMILES string of the molecule is Cc1cc(N[C@H](C(N)=O)C(C)C)nc(-c2ccccc2)n1. The van der Waals surface area contributed by atoms with Gasteiger partial charge in [-0.2, -0.15) is 0 Å². The topological polar surface area (TPSA) is 80.9 Å². The smallest absolute Gasteiger partial charge is 0.240 e. The number of aryl methyl sites for hydroxylation is 1. The van der Waals surface area contributed by atoms with Gasteiger partial charge in [-0.15, -0.1) is 0 Å². The quantitative estimate of drug-likeness (QED) is 0.883. The predicted molar refractivity (Wildman–Crippen MR) is 83.6 cm³/mol. The van der Waals surface area contributed by atoms with Gasteiger partial charge in [-0.25, -0.2) is 9.97 Å². The first-order chi connectivity index (χ1) is 9.97. The minimum atomic E-state index is -0.456. The highest BCUT2D eigenvalue weighted by Crippen LogP contribution is 2.18. The first-order valence-corrected chi connectivity index (χ1v) is 6.94. The normalized spacial score (nSPS) is 12.2. The van der Waals surface area contributed by atoms with E-state index in [9.17, 15) is 4.79 Å². The zero-order valence-electron chi connectivity index (χ0n) is 12.5. The van der Waals surface area contributed by atoms with E-state index in [1.54, 1.807) is 0 Å². The third kappa shape index (κ3) is 3.78. The standard InChI is InChI=1S/C16H20N4O/c1-10(2)14(15(17)21)19-13-9-11(3)18-16(20-13)12-7-5-4-6-8-12/h4-10,14H,1-3H3,(H2,17,21)(H,18,19,20)/t14-/m0/s1. The summed E-state index contributed by atoms with van der Waals surface area (Å²) >= 11 is 0. The van der Waals surface area contributed by atoms with Crippen LogP contribution >= 0.6 is 0 Å². The maximum Gasteiger partial charge on any atom is 0.240 e. The molecule has 0 aliphatic heterocycles. The maximum absolute atomic E-state index is 11.5. The Hall–Kier alpha value is -2.43. The zero-order chi connectivity index (χ0) is 15.4. The van der Waals surface area contributed by atoms with Gasteiger partial charge in [-0.05, 0) is 12.8 Å². The van der Waals surface area contributed by atoms with E-state index in [-0.39, 0.29) is 11.8 Å². The third-order valence-electron chi connectivity index (χ3n) is 3.16. The van der Waals surface area contributed by atoms with Crippen molar-refractivity contribution in [3.63, 3.8) is 0 Å². The van der Waals surface area contributed by atoms with Crippen molar-refractivity contribution in [1.82, 2.24) is 9.97 Å². The molecule has 1 heterocycles. The van der Waals surface area contributed by atoms with Crippen LogP contribution in [0.5, 0.6) is 0 Å². The summed E-state index contributed by atoms with van der Waals surface area (Å²) < 4.78 is 0. The Bertz CT molecular complexity index is 625. The summed E-state index contributed by atoms with van der Waals surface area (Å²) in [5.41, 5.74) is 7.19. The number of carbonyl (C=O) groups is 1. The van der Waals surface area contributed by atoms with Crippen LogP contribution < -0.4 is 11.1 Å². The molecule has 0 saturated carbocycles. The number of amides is 1. The number of carbonyl (C=O) groups excluding carboxylic acids is 1. The molecule has 3 N–H and O–H groups in total. The Balaban J connectivity index is 2.33. The molecule has 1 atom stereocenters. The summed E-state index contributed by atoms with van der Waals surface area (Å²) in [4.78, 5) is 20.4. The number of nitrogens with zero attached hydrogens (tertiary/aromatic N) is 2. The van der Waals surface area contributed by atoms with Crippen molar-refractivity contribution in [1.29, 1.82) is 0 Å². The Morgan fingerprint density at radius 3 is 2.43 bits per heavy atom. The van der Waals surface area contributed by atoms with Crippen molar-refractivity contribution in [2.45, 2.75) is 26.8 Å². The van der Waals surface area contributed by atoms with E-state index in [1.165, 1.54) is 0 Å². The molecule has 2 rings (SSSR count). The van der Waals surface area contributed by atoms with Gasteiger partial charge in [0.25, 0.3) is 0 Å². The van der Waals surface area contributed by atoms with Gasteiger partial charge >= 0.3 is 0 Å². The molecule has 0 fully saturated rings. The molecule has 21 heavy (non-hydrogen) atoms. The first-order valence-electron chi connectivity index (χ1n) is 6.94. The third-order valence-corrected chi connectivity index (χ3v) is 3.16. The second kappa shape index (κ2) is 6.35. The molecule has 5 nitrogen and oxygen atoms in total. The average Bonchev–Trinajstić information content (AvgIpc) is 2.44. The number of primary amides is 1. The van der Waals surface area contributed by atoms with Gasteiger partial charge in [-0.3, -0.25) is 4.79 Å². The number of benzene rings is 1. The Labute approximate surface area is 124 Å². The van der Waals surface area contributed by atoms with Gasteiger partial charge in [0, 0.05) is 17.3 Å². The number of anilines is 1. The van der Waals surface area contributed by atoms with Crippen molar-refractivity contribution in [3.8, 4) is 11.4 Å². The summed E-state index contributed by atoms with van der Waals surface area (Å²) in [5, 5.41) is 3.10. The van der Waals surface area contributed by atoms with Crippen LogP contribution in [0.25, 0.3) is 11.4 Å². The molecule has 0 radical (unpaired) electrons. The molecule has 0 spiro atoms. The predicted octanol–water partition coefficient (Wildman–Crippen LogP) is 2.37. The summed E-state index contributed by atoms with van der Waals surface area (Å²) in [6.45, 7) is 5.77. The molecule has 1 aromatic carbocycles. The second-order valence-corrected chi connectivity index (χ2v) is 5.35. The van der Waals surface area contributed by atoms with E-state index >= 15 is 0 Å². The lowest BCUT2D eigenvalue weighted by Crippen LogP contribution is -2.39. The molecule has 1 amide bonds. The van der Waals surface area contributed by atoms with Crippen molar-refractivity contribution in [2.75, 3.05) is 5.32 Å². The van der Waals surface area contributed by atoms with E-state index in [2.05, 4.69) is 15.3 Å². The fraction of sp³-hybridized carbons (Fsp3) is 0.312. The lowest BCUT2D eigenvalue weighted by molar-refractivity contribution is -0.119. The van der Waals surface area contributed by atoms with Crippen molar-refractivity contribution >= 4 is 11.7 Å². The molecule has 0 saturated heterocycles. The number of hydrogen-bond donors (Lipinski definition) is 2. The van der Waals surface area contributed by atoms with Crippen molar-refractivity contribution < 1.29 is 4.79 Å². The number of aromatic nitrogens is 2. The summed E-state index contributed by atoms with van der Waals surface area (Å²) in [5.74, 6) is 0.935. The number of nitrogens with one attached hydrogen (secondary N) is 1. The number of hydrogen-bond acceptors (Lipinski definition) is 4. The zero-order valence-corrected chi connectivity index (χ0v) is 12.5. The summed E-state index contributed by atoms with van der Waals surface area (Å²) in [7, 11) is 0. The van der Waals surface area contributed by atoms with Crippen LogP contribution in [0.2, 0.25) is 0 Å². The first kappa shape index (κ1) is 15.0. The largest absolute Gasteiger partial charge is 0.368 e. The summed E-state index contributed by atoms with van der Waals surface area (Å²) in [6, 6.07) is 11.1. The van der Waals surface area contributed by atoms with Gasteiger partial charge in [0.15, 0.2) is 5.82 Å². The fourth-order valence-corrected chi connectivity index (χ4v) is 2.08. The summed E-state index contributed by atoms with van der Waals surface area (Å²) in [6.07, 6.45) is 0. The van der Waals surface area contributed by atoms with E-state index in [1.807, 2.05) is 57.2 Å². The van der Waals surface area contributed by atoms with Crippen molar-refractivity contribution in [2.24, 2.45) is 11.7 Å². The van der Waals surface area contributed by atoms with Crippen LogP contribution in [0, 0.1) is 12.8 Å². The second-order valence-electron chi connectivity index (χ2n) is 5.35. The molecular weight excluding hydrogens is 264 g/mol. The minimum absolute atomic E-state index is 0.0814. The molecular formula is C16H20N4O. The lowest BCUT2D eigenvalue weighted by atomic mass is 10.0. The van der Waals surface area contributed by atoms with Gasteiger partial charge in [0.1, 0.15) is 11.9 Å². The van der Waals surface area contributed by atoms with E-state index in [0.717, 1.165) is 11.3 Å². The van der Waals surface area contributed by atoms with Crippen LogP contribution in [0.15, 0.2) is 36.4 Å². The van der Waals surface area contributed by atoms with Gasteiger partial charge in [-0.1, -0.05) is 44.2 Å². The monoisotopic (exact) mass is 284 g/mol. The fourth-order valence-electron chi connectivity index (χ4n) is 2.08. The number of nitrogens with two attached hydrogens (primary N) is 1. The average molecular weight is 284 g/mol. The van der Waals surface area contributed by atoms with Crippen LogP contribution in [-0.2, 0) is 4.79 Å². The highest BCUT2D eigenvalue weighted by atomic mass is 16.1. The molecule has 5 heteroatoms. The Kier molecular flexibility index (Phi) is 4.52. The molecule has 110 valence electrons. The van der Waals surface area contributed by atoms with Crippen LogP contribution in [0.4, 0.5) is 5.82 Å². The number of rotatable bonds is 5. The highest BCUT2D eigenvalue weighted by Gasteiger charge is 2.20. The minimum Gasteiger partial charge on any atom is -0.368 e. The van der Waals surface area contributed by atoms with E-state index < -0.39 is 6.04 Å².